The molecule has 0 aliphatic carbocycles. The summed E-state index contributed by atoms with van der Waals surface area (Å²) in [5, 5.41) is 6.04. The Morgan fingerprint density at radius 2 is 2.27 bits per heavy atom. The Kier molecular flexibility index (Phi) is 2.87. The van der Waals surface area contributed by atoms with Gasteiger partial charge in [0.25, 0.3) is 0 Å². The Morgan fingerprint density at radius 1 is 1.40 bits per heavy atom. The van der Waals surface area contributed by atoms with Crippen molar-refractivity contribution in [3.05, 3.63) is 35.3 Å². The molecule has 1 aromatic carbocycles. The van der Waals surface area contributed by atoms with Crippen LogP contribution >= 0.6 is 11.3 Å². The van der Waals surface area contributed by atoms with Crippen LogP contribution in [0.25, 0.3) is 0 Å². The second-order valence-corrected chi connectivity index (χ2v) is 4.01. The molecule has 0 spiro atoms. The molecule has 1 aromatic heterocycles. The molecule has 0 saturated carbocycles. The van der Waals surface area contributed by atoms with Crippen molar-refractivity contribution in [2.75, 3.05) is 12.4 Å². The summed E-state index contributed by atoms with van der Waals surface area (Å²) in [4.78, 5) is 4.17. The van der Waals surface area contributed by atoms with Gasteiger partial charge in [-0.1, -0.05) is 12.1 Å². The molecule has 2 aromatic rings. The molecule has 1 N–H and O–H groups in total. The number of thiazole rings is 1. The van der Waals surface area contributed by atoms with Crippen molar-refractivity contribution in [3.8, 4) is 5.75 Å². The van der Waals surface area contributed by atoms with E-state index in [1.165, 1.54) is 0 Å². The van der Waals surface area contributed by atoms with Crippen molar-refractivity contribution in [1.82, 2.24) is 4.98 Å². The molecule has 0 aliphatic heterocycles. The van der Waals surface area contributed by atoms with E-state index >= 15 is 0 Å². The number of hydrogen-bond donors (Lipinski definition) is 1. The van der Waals surface area contributed by atoms with Crippen LogP contribution in [0.3, 0.4) is 0 Å². The Hall–Kier alpha value is -1.55. The lowest BCUT2D eigenvalue weighted by Crippen LogP contribution is -1.95. The van der Waals surface area contributed by atoms with Crippen LogP contribution in [0.4, 0.5) is 10.8 Å². The van der Waals surface area contributed by atoms with Gasteiger partial charge in [-0.3, -0.25) is 0 Å². The fourth-order valence-corrected chi connectivity index (χ4v) is 1.96. The average molecular weight is 220 g/mol. The fraction of sp³-hybridized carbons (Fsp3) is 0.182. The van der Waals surface area contributed by atoms with Gasteiger partial charge in [0.15, 0.2) is 5.13 Å². The van der Waals surface area contributed by atoms with Crippen molar-refractivity contribution in [1.29, 1.82) is 0 Å². The third-order valence-corrected chi connectivity index (χ3v) is 2.78. The number of hydrogen-bond acceptors (Lipinski definition) is 4. The van der Waals surface area contributed by atoms with Gasteiger partial charge >= 0.3 is 0 Å². The number of para-hydroxylation sites is 1. The first kappa shape index (κ1) is 9.98. The Labute approximate surface area is 92.7 Å². The predicted octanol–water partition coefficient (Wildman–Crippen LogP) is 3.20. The quantitative estimate of drug-likeness (QED) is 0.862. The smallest absolute Gasteiger partial charge is 0.187 e. The highest BCUT2D eigenvalue weighted by Crippen LogP contribution is 2.30. The zero-order valence-electron chi connectivity index (χ0n) is 8.65. The number of nitrogens with zero attached hydrogens (tertiary/aromatic N) is 1. The third kappa shape index (κ3) is 2.10. The number of benzene rings is 1. The van der Waals surface area contributed by atoms with Crippen molar-refractivity contribution < 1.29 is 4.74 Å². The molecule has 0 unspecified atom stereocenters. The number of anilines is 2. The molecule has 15 heavy (non-hydrogen) atoms. The first-order chi connectivity index (χ1) is 7.31. The number of ether oxygens (including phenoxy) is 1. The largest absolute Gasteiger partial charge is 0.494 e. The van der Waals surface area contributed by atoms with Crippen LogP contribution in [-0.4, -0.2) is 12.1 Å². The van der Waals surface area contributed by atoms with Gasteiger partial charge < -0.3 is 10.1 Å². The highest BCUT2D eigenvalue weighted by molar-refractivity contribution is 7.13. The van der Waals surface area contributed by atoms with Crippen LogP contribution in [0.2, 0.25) is 0 Å². The highest BCUT2D eigenvalue weighted by Gasteiger charge is 2.06. The van der Waals surface area contributed by atoms with Crippen LogP contribution < -0.4 is 10.1 Å². The monoisotopic (exact) mass is 220 g/mol. The zero-order chi connectivity index (χ0) is 10.7. The maximum absolute atomic E-state index is 5.34. The van der Waals surface area contributed by atoms with Gasteiger partial charge in [-0.2, -0.15) is 0 Å². The van der Waals surface area contributed by atoms with Gasteiger partial charge in [0.1, 0.15) is 5.75 Å². The number of aryl methyl sites for hydroxylation is 1. The lowest BCUT2D eigenvalue weighted by atomic mass is 10.2. The summed E-state index contributed by atoms with van der Waals surface area (Å²) in [6, 6.07) is 5.99. The summed E-state index contributed by atoms with van der Waals surface area (Å²) in [6.07, 6.45) is 1.77. The van der Waals surface area contributed by atoms with Gasteiger partial charge in [-0.05, 0) is 18.6 Å². The summed E-state index contributed by atoms with van der Waals surface area (Å²) in [6.45, 7) is 2.02. The van der Waals surface area contributed by atoms with Crippen molar-refractivity contribution in [2.24, 2.45) is 0 Å². The summed E-state index contributed by atoms with van der Waals surface area (Å²) < 4.78 is 5.34. The molecule has 0 saturated heterocycles. The van der Waals surface area contributed by atoms with Crippen LogP contribution in [0.15, 0.2) is 29.8 Å². The minimum atomic E-state index is 0.868. The van der Waals surface area contributed by atoms with Crippen molar-refractivity contribution >= 4 is 22.2 Å². The molecule has 0 radical (unpaired) electrons. The first-order valence-electron chi connectivity index (χ1n) is 4.61. The Morgan fingerprint density at radius 3 is 2.93 bits per heavy atom. The van der Waals surface area contributed by atoms with Gasteiger partial charge in [0.05, 0.1) is 12.8 Å². The number of rotatable bonds is 3. The van der Waals surface area contributed by atoms with E-state index < -0.39 is 0 Å². The molecule has 2 rings (SSSR count). The van der Waals surface area contributed by atoms with E-state index in [1.807, 2.05) is 30.5 Å². The van der Waals surface area contributed by atoms with E-state index in [1.54, 1.807) is 24.6 Å². The van der Waals surface area contributed by atoms with E-state index in [-0.39, 0.29) is 0 Å². The molecule has 0 amide bonds. The zero-order valence-corrected chi connectivity index (χ0v) is 9.47. The SMILES string of the molecule is COc1c(C)cccc1Nc1nccs1. The summed E-state index contributed by atoms with van der Waals surface area (Å²) in [7, 11) is 1.68. The van der Waals surface area contributed by atoms with Crippen LogP contribution in [0.5, 0.6) is 5.75 Å². The van der Waals surface area contributed by atoms with E-state index in [2.05, 4.69) is 10.3 Å². The topological polar surface area (TPSA) is 34.1 Å². The predicted molar refractivity (Wildman–Crippen MR) is 63.1 cm³/mol. The van der Waals surface area contributed by atoms with Crippen LogP contribution in [0, 0.1) is 6.92 Å². The normalized spacial score (nSPS) is 10.0. The van der Waals surface area contributed by atoms with E-state index in [4.69, 9.17) is 4.74 Å². The number of methoxy groups -OCH3 is 1. The van der Waals surface area contributed by atoms with Crippen LogP contribution in [0.1, 0.15) is 5.56 Å². The Bertz CT molecular complexity index is 440. The molecule has 0 atom stereocenters. The van der Waals surface area contributed by atoms with Crippen LogP contribution in [-0.2, 0) is 0 Å². The lowest BCUT2D eigenvalue weighted by Gasteiger charge is -2.11. The fourth-order valence-electron chi connectivity index (χ4n) is 1.42. The molecule has 0 bridgehead atoms. The molecule has 0 fully saturated rings. The van der Waals surface area contributed by atoms with Gasteiger partial charge in [0.2, 0.25) is 0 Å². The van der Waals surface area contributed by atoms with Gasteiger partial charge in [-0.25, -0.2) is 4.98 Å². The second-order valence-electron chi connectivity index (χ2n) is 3.12. The third-order valence-electron chi connectivity index (χ3n) is 2.09. The molecule has 78 valence electrons. The second kappa shape index (κ2) is 4.31. The summed E-state index contributed by atoms with van der Waals surface area (Å²) in [5.41, 5.74) is 2.06. The molecule has 1 heterocycles. The van der Waals surface area contributed by atoms with Crippen molar-refractivity contribution in [2.45, 2.75) is 6.92 Å². The maximum atomic E-state index is 5.34. The summed E-state index contributed by atoms with van der Waals surface area (Å²) in [5.74, 6) is 0.868. The first-order valence-corrected chi connectivity index (χ1v) is 5.49. The molecule has 0 aliphatic rings. The van der Waals surface area contributed by atoms with E-state index in [9.17, 15) is 0 Å². The van der Waals surface area contributed by atoms with Crippen molar-refractivity contribution in [3.63, 3.8) is 0 Å². The summed E-state index contributed by atoms with van der Waals surface area (Å²) >= 11 is 1.57. The minimum Gasteiger partial charge on any atom is -0.494 e. The van der Waals surface area contributed by atoms with Gasteiger partial charge in [0, 0.05) is 11.6 Å². The Balaban J connectivity index is 2.32. The number of nitrogens with one attached hydrogen (secondary N) is 1. The molecule has 3 nitrogen and oxygen atoms in total. The molecular formula is C11H12N2OS. The molecular weight excluding hydrogens is 208 g/mol. The maximum Gasteiger partial charge on any atom is 0.187 e. The molecule has 4 heteroatoms. The average Bonchev–Trinajstić information content (AvgIpc) is 2.71. The van der Waals surface area contributed by atoms with Gasteiger partial charge in [-0.15, -0.1) is 11.3 Å². The van der Waals surface area contributed by atoms with E-state index in [0.29, 0.717) is 0 Å². The lowest BCUT2D eigenvalue weighted by molar-refractivity contribution is 0.414. The highest BCUT2D eigenvalue weighted by atomic mass is 32.1. The van der Waals surface area contributed by atoms with E-state index in [0.717, 1.165) is 22.1 Å². The number of aromatic nitrogens is 1. The minimum absolute atomic E-state index is 0.868. The standard InChI is InChI=1S/C11H12N2OS/c1-8-4-3-5-9(10(8)14-2)13-11-12-6-7-15-11/h3-7H,1-2H3,(H,12,13).